The van der Waals surface area contributed by atoms with Crippen molar-refractivity contribution in [2.45, 2.75) is 39.2 Å². The van der Waals surface area contributed by atoms with Gasteiger partial charge < -0.3 is 14.8 Å². The number of ether oxygens (including phenoxy) is 2. The molecule has 2 rings (SSSR count). The SMILES string of the molecule is CCCCc1ccc(NC(=O)[C@H](C)N(c2ccc(OC)c(OC)c2)S(C)(=O)=O)cc1. The van der Waals surface area contributed by atoms with Gasteiger partial charge in [0.2, 0.25) is 15.9 Å². The first-order valence-electron chi connectivity index (χ1n) is 9.82. The summed E-state index contributed by atoms with van der Waals surface area (Å²) in [4.78, 5) is 12.8. The average Bonchev–Trinajstić information content (AvgIpc) is 2.72. The molecular weight excluding hydrogens is 404 g/mol. The van der Waals surface area contributed by atoms with Crippen LogP contribution in [0.1, 0.15) is 32.3 Å². The van der Waals surface area contributed by atoms with Crippen LogP contribution in [0.25, 0.3) is 0 Å². The van der Waals surface area contributed by atoms with Crippen molar-refractivity contribution in [3.8, 4) is 11.5 Å². The van der Waals surface area contributed by atoms with E-state index in [-0.39, 0.29) is 0 Å². The highest BCUT2D eigenvalue weighted by molar-refractivity contribution is 7.92. The zero-order valence-corrected chi connectivity index (χ0v) is 19.0. The minimum Gasteiger partial charge on any atom is -0.493 e. The molecule has 1 N–H and O–H groups in total. The highest BCUT2D eigenvalue weighted by Gasteiger charge is 2.30. The van der Waals surface area contributed by atoms with Crippen molar-refractivity contribution in [1.29, 1.82) is 0 Å². The predicted octanol–water partition coefficient (Wildman–Crippen LogP) is 3.84. The highest BCUT2D eigenvalue weighted by Crippen LogP contribution is 2.33. The molecule has 30 heavy (non-hydrogen) atoms. The normalized spacial score (nSPS) is 12.2. The first-order chi connectivity index (χ1) is 14.2. The average molecular weight is 435 g/mol. The molecular formula is C22H30N2O5S. The molecule has 8 heteroatoms. The quantitative estimate of drug-likeness (QED) is 0.614. The molecule has 0 aliphatic carbocycles. The van der Waals surface area contributed by atoms with Gasteiger partial charge >= 0.3 is 0 Å². The van der Waals surface area contributed by atoms with Crippen molar-refractivity contribution in [2.24, 2.45) is 0 Å². The number of sulfonamides is 1. The Labute approximate surface area is 179 Å². The summed E-state index contributed by atoms with van der Waals surface area (Å²) >= 11 is 0. The summed E-state index contributed by atoms with van der Waals surface area (Å²) in [5.74, 6) is 0.408. The van der Waals surface area contributed by atoms with Gasteiger partial charge in [0.05, 0.1) is 26.2 Å². The minimum absolute atomic E-state index is 0.313. The fourth-order valence-corrected chi connectivity index (χ4v) is 4.32. The number of anilines is 2. The van der Waals surface area contributed by atoms with E-state index in [1.54, 1.807) is 19.1 Å². The lowest BCUT2D eigenvalue weighted by atomic mass is 10.1. The van der Waals surface area contributed by atoms with E-state index < -0.39 is 22.0 Å². The molecule has 0 spiro atoms. The van der Waals surface area contributed by atoms with Crippen LogP contribution in [0, 0.1) is 0 Å². The van der Waals surface area contributed by atoms with E-state index in [0.717, 1.165) is 29.8 Å². The molecule has 1 amide bonds. The van der Waals surface area contributed by atoms with Gasteiger partial charge in [0.25, 0.3) is 0 Å². The number of methoxy groups -OCH3 is 2. The summed E-state index contributed by atoms with van der Waals surface area (Å²) in [5, 5.41) is 2.80. The largest absolute Gasteiger partial charge is 0.493 e. The van der Waals surface area contributed by atoms with Gasteiger partial charge in [-0.3, -0.25) is 9.10 Å². The Morgan fingerprint density at radius 1 is 1.07 bits per heavy atom. The molecule has 164 valence electrons. The first kappa shape index (κ1) is 23.5. The fraction of sp³-hybridized carbons (Fsp3) is 0.409. The molecule has 0 bridgehead atoms. The third-order valence-electron chi connectivity index (χ3n) is 4.75. The van der Waals surface area contributed by atoms with E-state index in [2.05, 4.69) is 12.2 Å². The van der Waals surface area contributed by atoms with Crippen LogP contribution in [0.5, 0.6) is 11.5 Å². The van der Waals surface area contributed by atoms with Gasteiger partial charge in [0.1, 0.15) is 6.04 Å². The number of aryl methyl sites for hydroxylation is 1. The smallest absolute Gasteiger partial charge is 0.247 e. The third kappa shape index (κ3) is 5.89. The summed E-state index contributed by atoms with van der Waals surface area (Å²) in [6.07, 6.45) is 4.28. The lowest BCUT2D eigenvalue weighted by Crippen LogP contribution is -2.45. The summed E-state index contributed by atoms with van der Waals surface area (Å²) < 4.78 is 36.5. The first-order valence-corrected chi connectivity index (χ1v) is 11.7. The van der Waals surface area contributed by atoms with Crippen molar-refractivity contribution < 1.29 is 22.7 Å². The molecule has 0 radical (unpaired) electrons. The predicted molar refractivity (Wildman–Crippen MR) is 120 cm³/mol. The van der Waals surface area contributed by atoms with Crippen LogP contribution >= 0.6 is 0 Å². The number of carbonyl (C=O) groups is 1. The number of rotatable bonds is 10. The van der Waals surface area contributed by atoms with Crippen LogP contribution in [0.2, 0.25) is 0 Å². The Hall–Kier alpha value is -2.74. The topological polar surface area (TPSA) is 84.9 Å². The highest BCUT2D eigenvalue weighted by atomic mass is 32.2. The van der Waals surface area contributed by atoms with Crippen molar-refractivity contribution in [1.82, 2.24) is 0 Å². The van der Waals surface area contributed by atoms with Gasteiger partial charge in [-0.05, 0) is 49.6 Å². The molecule has 2 aromatic rings. The van der Waals surface area contributed by atoms with Gasteiger partial charge in [0, 0.05) is 11.8 Å². The maximum Gasteiger partial charge on any atom is 0.247 e. The molecule has 1 atom stereocenters. The molecule has 0 aromatic heterocycles. The van der Waals surface area contributed by atoms with Crippen LogP contribution in [0.3, 0.4) is 0 Å². The summed E-state index contributed by atoms with van der Waals surface area (Å²) in [6.45, 7) is 3.69. The Bertz CT molecular complexity index is 958. The second-order valence-electron chi connectivity index (χ2n) is 7.06. The number of amides is 1. The van der Waals surface area contributed by atoms with Crippen molar-refractivity contribution in [2.75, 3.05) is 30.1 Å². The van der Waals surface area contributed by atoms with Crippen molar-refractivity contribution >= 4 is 27.3 Å². The Morgan fingerprint density at radius 3 is 2.23 bits per heavy atom. The van der Waals surface area contributed by atoms with Crippen LogP contribution in [-0.2, 0) is 21.2 Å². The molecule has 0 heterocycles. The lowest BCUT2D eigenvalue weighted by Gasteiger charge is -2.28. The minimum atomic E-state index is -3.74. The molecule has 2 aromatic carbocycles. The molecule has 0 unspecified atom stereocenters. The maximum absolute atomic E-state index is 12.8. The van der Waals surface area contributed by atoms with E-state index in [1.165, 1.54) is 25.8 Å². The van der Waals surface area contributed by atoms with Crippen molar-refractivity contribution in [3.05, 3.63) is 48.0 Å². The Kier molecular flexibility index (Phi) is 8.11. The van der Waals surface area contributed by atoms with E-state index in [4.69, 9.17) is 9.47 Å². The maximum atomic E-state index is 12.8. The number of unbranched alkanes of at least 4 members (excludes halogenated alkanes) is 1. The number of nitrogens with one attached hydrogen (secondary N) is 1. The molecule has 7 nitrogen and oxygen atoms in total. The molecule has 0 fully saturated rings. The van der Waals surface area contributed by atoms with Gasteiger partial charge in [-0.25, -0.2) is 8.42 Å². The molecule has 0 saturated carbocycles. The number of hydrogen-bond acceptors (Lipinski definition) is 5. The molecule has 0 saturated heterocycles. The Balaban J connectivity index is 2.25. The lowest BCUT2D eigenvalue weighted by molar-refractivity contribution is -0.116. The second kappa shape index (κ2) is 10.3. The van der Waals surface area contributed by atoms with E-state index in [1.807, 2.05) is 24.3 Å². The van der Waals surface area contributed by atoms with Crippen LogP contribution in [-0.4, -0.2) is 40.8 Å². The Morgan fingerprint density at radius 2 is 1.70 bits per heavy atom. The molecule has 0 aliphatic heterocycles. The summed E-state index contributed by atoms with van der Waals surface area (Å²) in [6, 6.07) is 11.3. The zero-order chi connectivity index (χ0) is 22.3. The van der Waals surface area contributed by atoms with Gasteiger partial charge in [-0.1, -0.05) is 25.5 Å². The van der Waals surface area contributed by atoms with Crippen LogP contribution in [0.15, 0.2) is 42.5 Å². The van der Waals surface area contributed by atoms with Gasteiger partial charge in [-0.2, -0.15) is 0 Å². The van der Waals surface area contributed by atoms with Gasteiger partial charge in [0.15, 0.2) is 11.5 Å². The van der Waals surface area contributed by atoms with Crippen LogP contribution < -0.4 is 19.1 Å². The number of nitrogens with zero attached hydrogens (tertiary/aromatic N) is 1. The van der Waals surface area contributed by atoms with Gasteiger partial charge in [-0.15, -0.1) is 0 Å². The number of benzene rings is 2. The van der Waals surface area contributed by atoms with Crippen molar-refractivity contribution in [3.63, 3.8) is 0 Å². The van der Waals surface area contributed by atoms with E-state index >= 15 is 0 Å². The number of hydrogen-bond donors (Lipinski definition) is 1. The van der Waals surface area contributed by atoms with E-state index in [0.29, 0.717) is 22.9 Å². The standard InChI is InChI=1S/C22H30N2O5S/c1-6-7-8-17-9-11-18(12-10-17)23-22(25)16(2)24(30(5,26)27)19-13-14-20(28-3)21(15-19)29-4/h9-16H,6-8H2,1-5H3,(H,23,25)/t16-/m0/s1. The summed E-state index contributed by atoms with van der Waals surface area (Å²) in [7, 11) is -0.779. The monoisotopic (exact) mass is 434 g/mol. The van der Waals surface area contributed by atoms with Crippen LogP contribution in [0.4, 0.5) is 11.4 Å². The van der Waals surface area contributed by atoms with E-state index in [9.17, 15) is 13.2 Å². The fourth-order valence-electron chi connectivity index (χ4n) is 3.15. The number of carbonyl (C=O) groups excluding carboxylic acids is 1. The third-order valence-corrected chi connectivity index (χ3v) is 5.99. The summed E-state index contributed by atoms with van der Waals surface area (Å²) in [5.41, 5.74) is 2.13. The molecule has 0 aliphatic rings. The zero-order valence-electron chi connectivity index (χ0n) is 18.1. The second-order valence-corrected chi connectivity index (χ2v) is 8.92.